The molecule has 0 aromatic heterocycles. The second-order valence-electron chi connectivity index (χ2n) is 6.18. The van der Waals surface area contributed by atoms with Gasteiger partial charge in [0.15, 0.2) is 0 Å². The summed E-state index contributed by atoms with van der Waals surface area (Å²) in [5, 5.41) is 2.86. The Bertz CT molecular complexity index is 481. The first-order chi connectivity index (χ1) is 10.7. The monoisotopic (exact) mass is 302 g/mol. The molecule has 0 spiro atoms. The van der Waals surface area contributed by atoms with Gasteiger partial charge in [0.1, 0.15) is 6.04 Å². The van der Waals surface area contributed by atoms with Gasteiger partial charge >= 0.3 is 0 Å². The molecule has 4 heteroatoms. The summed E-state index contributed by atoms with van der Waals surface area (Å²) in [5.74, 6) is -0.370. The van der Waals surface area contributed by atoms with Crippen LogP contribution in [-0.2, 0) is 16.0 Å². The lowest BCUT2D eigenvalue weighted by atomic mass is 9.88. The molecule has 120 valence electrons. The average molecular weight is 302 g/mol. The Kier molecular flexibility index (Phi) is 6.44. The zero-order chi connectivity index (χ0) is 15.8. The van der Waals surface area contributed by atoms with E-state index in [0.29, 0.717) is 6.42 Å². The third kappa shape index (κ3) is 5.17. The van der Waals surface area contributed by atoms with Gasteiger partial charge in [0, 0.05) is 5.92 Å². The summed E-state index contributed by atoms with van der Waals surface area (Å²) in [5.41, 5.74) is 6.68. The maximum absolute atomic E-state index is 12.2. The minimum atomic E-state index is -0.543. The first kappa shape index (κ1) is 16.5. The van der Waals surface area contributed by atoms with Gasteiger partial charge in [-0.3, -0.25) is 9.59 Å². The summed E-state index contributed by atoms with van der Waals surface area (Å²) in [7, 11) is 0. The van der Waals surface area contributed by atoms with Crippen molar-refractivity contribution in [3.63, 3.8) is 0 Å². The van der Waals surface area contributed by atoms with Crippen LogP contribution >= 0.6 is 0 Å². The molecular formula is C18H26N2O2. The molecule has 1 aliphatic rings. The van der Waals surface area contributed by atoms with E-state index < -0.39 is 11.9 Å². The highest BCUT2D eigenvalue weighted by molar-refractivity contribution is 5.87. The maximum Gasteiger partial charge on any atom is 0.239 e. The number of hydrogen-bond donors (Lipinski definition) is 2. The molecule has 0 heterocycles. The molecule has 0 unspecified atom stereocenters. The van der Waals surface area contributed by atoms with Gasteiger partial charge < -0.3 is 11.1 Å². The molecule has 0 saturated heterocycles. The van der Waals surface area contributed by atoms with Crippen molar-refractivity contribution in [2.45, 2.75) is 57.4 Å². The molecule has 1 saturated carbocycles. The van der Waals surface area contributed by atoms with E-state index in [1.807, 2.05) is 18.2 Å². The zero-order valence-corrected chi connectivity index (χ0v) is 13.1. The highest BCUT2D eigenvalue weighted by atomic mass is 16.2. The van der Waals surface area contributed by atoms with Crippen LogP contribution in [-0.4, -0.2) is 17.9 Å². The molecule has 1 aromatic rings. The molecule has 1 aliphatic carbocycles. The Balaban J connectivity index is 1.79. The third-order valence-electron chi connectivity index (χ3n) is 4.44. The predicted molar refractivity (Wildman–Crippen MR) is 87.1 cm³/mol. The minimum Gasteiger partial charge on any atom is -0.368 e. The molecule has 1 atom stereocenters. The van der Waals surface area contributed by atoms with Crippen LogP contribution in [0.1, 0.15) is 50.5 Å². The summed E-state index contributed by atoms with van der Waals surface area (Å²) in [6.07, 6.45) is 7.61. The van der Waals surface area contributed by atoms with E-state index in [2.05, 4.69) is 17.4 Å². The molecule has 22 heavy (non-hydrogen) atoms. The van der Waals surface area contributed by atoms with Crippen molar-refractivity contribution in [3.05, 3.63) is 35.9 Å². The molecule has 1 fully saturated rings. The molecule has 1 aromatic carbocycles. The third-order valence-corrected chi connectivity index (χ3v) is 4.44. The van der Waals surface area contributed by atoms with Crippen molar-refractivity contribution in [3.8, 4) is 0 Å². The number of carbonyl (C=O) groups excluding carboxylic acids is 2. The van der Waals surface area contributed by atoms with Crippen LogP contribution in [0.3, 0.4) is 0 Å². The molecule has 4 nitrogen and oxygen atoms in total. The Morgan fingerprint density at radius 3 is 2.45 bits per heavy atom. The Morgan fingerprint density at radius 1 is 1.14 bits per heavy atom. The zero-order valence-electron chi connectivity index (χ0n) is 13.1. The second kappa shape index (κ2) is 8.57. The van der Waals surface area contributed by atoms with Crippen LogP contribution in [0.25, 0.3) is 0 Å². The van der Waals surface area contributed by atoms with E-state index in [1.54, 1.807) is 0 Å². The summed E-state index contributed by atoms with van der Waals surface area (Å²) in [6.45, 7) is 0. The Labute approximate surface area is 132 Å². The smallest absolute Gasteiger partial charge is 0.239 e. The topological polar surface area (TPSA) is 72.2 Å². The lowest BCUT2D eigenvalue weighted by molar-refractivity contribution is -0.130. The van der Waals surface area contributed by atoms with Crippen LogP contribution in [0.2, 0.25) is 0 Å². The van der Waals surface area contributed by atoms with Crippen molar-refractivity contribution in [2.75, 3.05) is 0 Å². The predicted octanol–water partition coefficient (Wildman–Crippen LogP) is 2.56. The SMILES string of the molecule is NC(=O)[C@@H](CCCc1ccccc1)NC(=O)C1CCCCC1. The van der Waals surface area contributed by atoms with Gasteiger partial charge in [-0.2, -0.15) is 0 Å². The molecule has 0 bridgehead atoms. The number of carbonyl (C=O) groups is 2. The highest BCUT2D eigenvalue weighted by Gasteiger charge is 2.25. The Hall–Kier alpha value is -1.84. The fourth-order valence-electron chi connectivity index (χ4n) is 3.09. The number of rotatable bonds is 7. The van der Waals surface area contributed by atoms with Gasteiger partial charge in [0.05, 0.1) is 0 Å². The lowest BCUT2D eigenvalue weighted by Gasteiger charge is -2.23. The van der Waals surface area contributed by atoms with Crippen molar-refractivity contribution >= 4 is 11.8 Å². The van der Waals surface area contributed by atoms with Crippen LogP contribution in [0.15, 0.2) is 30.3 Å². The van der Waals surface area contributed by atoms with Crippen molar-refractivity contribution in [1.29, 1.82) is 0 Å². The summed E-state index contributed by atoms with van der Waals surface area (Å²) >= 11 is 0. The number of amides is 2. The fraction of sp³-hybridized carbons (Fsp3) is 0.556. The number of benzene rings is 1. The second-order valence-corrected chi connectivity index (χ2v) is 6.18. The van der Waals surface area contributed by atoms with Crippen molar-refractivity contribution < 1.29 is 9.59 Å². The Morgan fingerprint density at radius 2 is 1.82 bits per heavy atom. The van der Waals surface area contributed by atoms with Gasteiger partial charge in [-0.05, 0) is 37.7 Å². The molecule has 0 radical (unpaired) electrons. The quantitative estimate of drug-likeness (QED) is 0.812. The molecule has 2 amide bonds. The van der Waals surface area contributed by atoms with E-state index in [0.717, 1.165) is 38.5 Å². The van der Waals surface area contributed by atoms with Gasteiger partial charge in [0.2, 0.25) is 11.8 Å². The van der Waals surface area contributed by atoms with E-state index >= 15 is 0 Å². The summed E-state index contributed by atoms with van der Waals surface area (Å²) < 4.78 is 0. The average Bonchev–Trinajstić information content (AvgIpc) is 2.55. The van der Waals surface area contributed by atoms with Gasteiger partial charge in [-0.1, -0.05) is 49.6 Å². The van der Waals surface area contributed by atoms with Crippen LogP contribution in [0, 0.1) is 5.92 Å². The number of aryl methyl sites for hydroxylation is 1. The van der Waals surface area contributed by atoms with Gasteiger partial charge in [0.25, 0.3) is 0 Å². The summed E-state index contributed by atoms with van der Waals surface area (Å²) in [6, 6.07) is 9.59. The number of nitrogens with one attached hydrogen (secondary N) is 1. The van der Waals surface area contributed by atoms with Crippen LogP contribution < -0.4 is 11.1 Å². The first-order valence-electron chi connectivity index (χ1n) is 8.30. The molecule has 0 aliphatic heterocycles. The number of nitrogens with two attached hydrogens (primary N) is 1. The van der Waals surface area contributed by atoms with Crippen LogP contribution in [0.4, 0.5) is 0 Å². The van der Waals surface area contributed by atoms with E-state index in [9.17, 15) is 9.59 Å². The molecular weight excluding hydrogens is 276 g/mol. The molecule has 2 rings (SSSR count). The van der Waals surface area contributed by atoms with Crippen LogP contribution in [0.5, 0.6) is 0 Å². The maximum atomic E-state index is 12.2. The standard InChI is InChI=1S/C18H26N2O2/c19-17(21)16(13-7-10-14-8-3-1-4-9-14)20-18(22)15-11-5-2-6-12-15/h1,3-4,8-9,15-16H,2,5-7,10-13H2,(H2,19,21)(H,20,22)/t16-/m1/s1. The largest absolute Gasteiger partial charge is 0.368 e. The van der Waals surface area contributed by atoms with Crippen molar-refractivity contribution in [2.24, 2.45) is 11.7 Å². The number of hydrogen-bond acceptors (Lipinski definition) is 2. The lowest BCUT2D eigenvalue weighted by Crippen LogP contribution is -2.46. The van der Waals surface area contributed by atoms with E-state index in [-0.39, 0.29) is 11.8 Å². The highest BCUT2D eigenvalue weighted by Crippen LogP contribution is 2.23. The molecule has 3 N–H and O–H groups in total. The van der Waals surface area contributed by atoms with Crippen molar-refractivity contribution in [1.82, 2.24) is 5.32 Å². The fourth-order valence-corrected chi connectivity index (χ4v) is 3.09. The normalized spacial score (nSPS) is 16.9. The van der Waals surface area contributed by atoms with E-state index in [1.165, 1.54) is 12.0 Å². The minimum absolute atomic E-state index is 0.00297. The van der Waals surface area contributed by atoms with Gasteiger partial charge in [-0.25, -0.2) is 0 Å². The number of primary amides is 1. The van der Waals surface area contributed by atoms with Gasteiger partial charge in [-0.15, -0.1) is 0 Å². The van der Waals surface area contributed by atoms with E-state index in [4.69, 9.17) is 5.73 Å². The summed E-state index contributed by atoms with van der Waals surface area (Å²) in [4.78, 5) is 23.8. The first-order valence-corrected chi connectivity index (χ1v) is 8.30.